The van der Waals surface area contributed by atoms with Crippen LogP contribution in [0.25, 0.3) is 10.9 Å². The smallest absolute Gasteiger partial charge is 0.300 e. The Labute approximate surface area is 160 Å². The van der Waals surface area contributed by atoms with Crippen molar-refractivity contribution in [2.24, 2.45) is 0 Å². The number of pyridine rings is 1. The first-order valence-electron chi connectivity index (χ1n) is 7.84. The number of aromatic hydroxyl groups is 1. The fourth-order valence-corrected chi connectivity index (χ4v) is 2.74. The quantitative estimate of drug-likeness (QED) is 0.470. The van der Waals surface area contributed by atoms with E-state index in [4.69, 9.17) is 11.6 Å². The number of nitriles is 1. The van der Waals surface area contributed by atoms with E-state index < -0.39 is 5.91 Å². The van der Waals surface area contributed by atoms with Crippen molar-refractivity contribution in [3.63, 3.8) is 0 Å². The molecule has 132 valence electrons. The first-order chi connectivity index (χ1) is 13.0. The maximum atomic E-state index is 11.7. The SMILES string of the molecule is CC#CC(=O)Nc1ccc2ncc(C#N)c(Nc3c(O)cccc3Cl)c2c1. The van der Waals surface area contributed by atoms with Crippen molar-refractivity contribution >= 4 is 45.5 Å². The van der Waals surface area contributed by atoms with E-state index in [-0.39, 0.29) is 17.0 Å². The predicted molar refractivity (Wildman–Crippen MR) is 105 cm³/mol. The van der Waals surface area contributed by atoms with Crippen LogP contribution in [0.5, 0.6) is 5.75 Å². The highest BCUT2D eigenvalue weighted by Crippen LogP contribution is 2.37. The number of phenolic OH excluding ortho intramolecular Hbond substituents is 1. The normalized spacial score (nSPS) is 9.81. The molecular formula is C20H13ClN4O2. The molecule has 3 aromatic rings. The monoisotopic (exact) mass is 376 g/mol. The van der Waals surface area contributed by atoms with E-state index in [0.29, 0.717) is 27.3 Å². The molecule has 0 aliphatic heterocycles. The third kappa shape index (κ3) is 3.77. The Balaban J connectivity index is 2.15. The Kier molecular flexibility index (Phi) is 5.12. The summed E-state index contributed by atoms with van der Waals surface area (Å²) in [4.78, 5) is 16.0. The van der Waals surface area contributed by atoms with E-state index in [1.807, 2.05) is 0 Å². The minimum absolute atomic E-state index is 0.0565. The summed E-state index contributed by atoms with van der Waals surface area (Å²) in [6.45, 7) is 1.57. The topological polar surface area (TPSA) is 98.0 Å². The predicted octanol–water partition coefficient (Wildman–Crippen LogP) is 4.17. The summed E-state index contributed by atoms with van der Waals surface area (Å²) in [7, 11) is 0. The van der Waals surface area contributed by atoms with Gasteiger partial charge in [-0.3, -0.25) is 9.78 Å². The molecular weight excluding hydrogens is 364 g/mol. The molecule has 0 aliphatic carbocycles. The summed E-state index contributed by atoms with van der Waals surface area (Å²) >= 11 is 6.17. The molecule has 0 atom stereocenters. The van der Waals surface area contributed by atoms with Crippen molar-refractivity contribution < 1.29 is 9.90 Å². The number of para-hydroxylation sites is 1. The third-order valence-electron chi connectivity index (χ3n) is 3.73. The Hall–Kier alpha value is -3.74. The van der Waals surface area contributed by atoms with Gasteiger partial charge in [0.25, 0.3) is 5.91 Å². The lowest BCUT2D eigenvalue weighted by Crippen LogP contribution is -2.08. The largest absolute Gasteiger partial charge is 0.506 e. The highest BCUT2D eigenvalue weighted by atomic mass is 35.5. The number of amides is 1. The second-order valence-electron chi connectivity index (χ2n) is 5.48. The van der Waals surface area contributed by atoms with E-state index in [0.717, 1.165) is 0 Å². The lowest BCUT2D eigenvalue weighted by atomic mass is 10.1. The number of nitrogens with one attached hydrogen (secondary N) is 2. The van der Waals surface area contributed by atoms with Crippen molar-refractivity contribution in [1.29, 1.82) is 5.26 Å². The van der Waals surface area contributed by atoms with Crippen LogP contribution < -0.4 is 10.6 Å². The van der Waals surface area contributed by atoms with E-state index in [2.05, 4.69) is 33.5 Å². The second kappa shape index (κ2) is 7.65. The molecule has 0 saturated heterocycles. The van der Waals surface area contributed by atoms with Crippen molar-refractivity contribution in [3.05, 3.63) is 53.2 Å². The fourth-order valence-electron chi connectivity index (χ4n) is 2.53. The maximum absolute atomic E-state index is 11.7. The molecule has 27 heavy (non-hydrogen) atoms. The molecule has 6 nitrogen and oxygen atoms in total. The molecule has 3 rings (SSSR count). The Morgan fingerprint density at radius 2 is 2.07 bits per heavy atom. The number of aromatic nitrogens is 1. The number of anilines is 3. The fraction of sp³-hybridized carbons (Fsp3) is 0.0500. The molecule has 3 N–H and O–H groups in total. The standard InChI is InChI=1S/C20H13ClN4O2/c1-2-4-18(27)24-13-7-8-16-14(9-13)19(12(10-22)11-23-16)25-20-15(21)5-3-6-17(20)26/h3,5-9,11,26H,1H3,(H,23,25)(H,24,27). The van der Waals surface area contributed by atoms with Crippen molar-refractivity contribution in [2.45, 2.75) is 6.92 Å². The van der Waals surface area contributed by atoms with Crippen molar-refractivity contribution in [2.75, 3.05) is 10.6 Å². The summed E-state index contributed by atoms with van der Waals surface area (Å²) in [5.74, 6) is 4.43. The van der Waals surface area contributed by atoms with Gasteiger partial charge >= 0.3 is 0 Å². The molecule has 1 aromatic heterocycles. The average Bonchev–Trinajstić information content (AvgIpc) is 2.65. The van der Waals surface area contributed by atoms with Gasteiger partial charge in [-0.2, -0.15) is 5.26 Å². The lowest BCUT2D eigenvalue weighted by Gasteiger charge is -2.14. The summed E-state index contributed by atoms with van der Waals surface area (Å²) in [6, 6.07) is 11.9. The van der Waals surface area contributed by atoms with E-state index in [9.17, 15) is 15.2 Å². The zero-order valence-electron chi connectivity index (χ0n) is 14.2. The Morgan fingerprint density at radius 3 is 2.78 bits per heavy atom. The molecule has 0 bridgehead atoms. The number of hydrogen-bond acceptors (Lipinski definition) is 5. The summed E-state index contributed by atoms with van der Waals surface area (Å²) in [5, 5.41) is 26.1. The summed E-state index contributed by atoms with van der Waals surface area (Å²) < 4.78 is 0. The summed E-state index contributed by atoms with van der Waals surface area (Å²) in [5.41, 5.74) is 2.05. The second-order valence-corrected chi connectivity index (χ2v) is 5.89. The molecule has 0 spiro atoms. The van der Waals surface area contributed by atoms with Crippen molar-refractivity contribution in [1.82, 2.24) is 4.98 Å². The van der Waals surface area contributed by atoms with Crippen LogP contribution >= 0.6 is 11.6 Å². The molecule has 0 aliphatic rings. The lowest BCUT2D eigenvalue weighted by molar-refractivity contribution is -0.111. The number of phenols is 1. The minimum Gasteiger partial charge on any atom is -0.506 e. The van der Waals surface area contributed by atoms with Gasteiger partial charge in [-0.1, -0.05) is 23.6 Å². The molecule has 2 aromatic carbocycles. The zero-order valence-corrected chi connectivity index (χ0v) is 14.9. The van der Waals surface area contributed by atoms with Gasteiger partial charge in [-0.25, -0.2) is 0 Å². The molecule has 7 heteroatoms. The number of rotatable bonds is 3. The van der Waals surface area contributed by atoms with Gasteiger partial charge in [0.05, 0.1) is 27.5 Å². The highest BCUT2D eigenvalue weighted by Gasteiger charge is 2.14. The van der Waals surface area contributed by atoms with Crippen LogP contribution in [0.15, 0.2) is 42.6 Å². The van der Waals surface area contributed by atoms with E-state index in [1.54, 1.807) is 37.3 Å². The van der Waals surface area contributed by atoms with E-state index >= 15 is 0 Å². The zero-order chi connectivity index (χ0) is 19.4. The maximum Gasteiger partial charge on any atom is 0.300 e. The first-order valence-corrected chi connectivity index (χ1v) is 8.22. The van der Waals surface area contributed by atoms with Gasteiger partial charge in [0.2, 0.25) is 0 Å². The molecule has 0 unspecified atom stereocenters. The molecule has 1 heterocycles. The third-order valence-corrected chi connectivity index (χ3v) is 4.04. The molecule has 0 saturated carbocycles. The van der Waals surface area contributed by atoms with Gasteiger partial charge in [0.1, 0.15) is 11.8 Å². The molecule has 0 fully saturated rings. The van der Waals surface area contributed by atoms with Crippen molar-refractivity contribution in [3.8, 4) is 23.7 Å². The van der Waals surface area contributed by atoms with Crippen LogP contribution in [0.1, 0.15) is 12.5 Å². The highest BCUT2D eigenvalue weighted by molar-refractivity contribution is 6.33. The van der Waals surface area contributed by atoms with Gasteiger partial charge in [-0.05, 0) is 43.2 Å². The number of benzene rings is 2. The summed E-state index contributed by atoms with van der Waals surface area (Å²) in [6.07, 6.45) is 1.43. The number of carbonyl (C=O) groups is 1. The van der Waals surface area contributed by atoms with Gasteiger partial charge < -0.3 is 15.7 Å². The van der Waals surface area contributed by atoms with Gasteiger partial charge in [-0.15, -0.1) is 0 Å². The number of fused-ring (bicyclic) bond motifs is 1. The Morgan fingerprint density at radius 1 is 1.26 bits per heavy atom. The average molecular weight is 377 g/mol. The number of halogens is 1. The molecule has 1 amide bonds. The van der Waals surface area contributed by atoms with Crippen LogP contribution in [-0.4, -0.2) is 16.0 Å². The van der Waals surface area contributed by atoms with Crippen LogP contribution in [-0.2, 0) is 4.79 Å². The Bertz CT molecular complexity index is 1140. The number of nitrogens with zero attached hydrogens (tertiary/aromatic N) is 2. The first kappa shape index (κ1) is 18.1. The van der Waals surface area contributed by atoms with Gasteiger partial charge in [0, 0.05) is 17.3 Å². The molecule has 0 radical (unpaired) electrons. The van der Waals surface area contributed by atoms with Crippen LogP contribution in [0, 0.1) is 23.2 Å². The number of carbonyl (C=O) groups excluding carboxylic acids is 1. The number of hydrogen-bond donors (Lipinski definition) is 3. The van der Waals surface area contributed by atoms with Crippen LogP contribution in [0.2, 0.25) is 5.02 Å². The van der Waals surface area contributed by atoms with E-state index in [1.165, 1.54) is 12.3 Å². The minimum atomic E-state index is -0.445. The van der Waals surface area contributed by atoms with Crippen LogP contribution in [0.4, 0.5) is 17.1 Å². The van der Waals surface area contributed by atoms with Gasteiger partial charge in [0.15, 0.2) is 0 Å². The van der Waals surface area contributed by atoms with Crippen LogP contribution in [0.3, 0.4) is 0 Å².